The molecule has 0 saturated heterocycles. The molecular formula is C16H14Cl2N2O2S4. The van der Waals surface area contributed by atoms with Gasteiger partial charge in [0.2, 0.25) is 0 Å². The van der Waals surface area contributed by atoms with E-state index in [1.807, 2.05) is 48.5 Å². The van der Waals surface area contributed by atoms with Gasteiger partial charge in [0.05, 0.1) is 0 Å². The topological polar surface area (TPSA) is 58.2 Å². The van der Waals surface area contributed by atoms with Gasteiger partial charge in [0.25, 0.3) is 0 Å². The van der Waals surface area contributed by atoms with Crippen molar-refractivity contribution in [1.29, 1.82) is 0 Å². The number of carbonyl (C=O) groups excluding carboxylic acids is 2. The molecule has 0 bridgehead atoms. The van der Waals surface area contributed by atoms with Crippen molar-refractivity contribution >= 4 is 78.6 Å². The quantitative estimate of drug-likeness (QED) is 0.232. The Labute approximate surface area is 178 Å². The predicted molar refractivity (Wildman–Crippen MR) is 117 cm³/mol. The number of halogens is 2. The van der Waals surface area contributed by atoms with Gasteiger partial charge in [-0.25, -0.2) is 0 Å². The molecular weight excluding hydrogens is 451 g/mol. The SMILES string of the molecule is O=C(NSSCc1ccc(Cl)cc1)C(=O)NSSCc1ccc(Cl)cc1. The summed E-state index contributed by atoms with van der Waals surface area (Å²) in [5.41, 5.74) is 2.17. The monoisotopic (exact) mass is 464 g/mol. The number of carbonyl (C=O) groups is 2. The zero-order valence-electron chi connectivity index (χ0n) is 13.2. The van der Waals surface area contributed by atoms with Gasteiger partial charge in [0.15, 0.2) is 0 Å². The van der Waals surface area contributed by atoms with Gasteiger partial charge in [0.1, 0.15) is 0 Å². The molecule has 0 aliphatic heterocycles. The molecule has 26 heavy (non-hydrogen) atoms. The van der Waals surface area contributed by atoms with E-state index in [4.69, 9.17) is 23.2 Å². The van der Waals surface area contributed by atoms with Gasteiger partial charge in [-0.15, -0.1) is 0 Å². The highest BCUT2D eigenvalue weighted by molar-refractivity contribution is 8.76. The molecule has 10 heteroatoms. The second kappa shape index (κ2) is 11.9. The van der Waals surface area contributed by atoms with E-state index in [0.29, 0.717) is 21.6 Å². The summed E-state index contributed by atoms with van der Waals surface area (Å²) in [5, 5.41) is 1.37. The molecule has 2 N–H and O–H groups in total. The lowest BCUT2D eigenvalue weighted by atomic mass is 10.2. The molecule has 2 rings (SSSR count). The van der Waals surface area contributed by atoms with Crippen LogP contribution in [0.5, 0.6) is 0 Å². The Morgan fingerprint density at radius 2 is 1.04 bits per heavy atom. The summed E-state index contributed by atoms with van der Waals surface area (Å²) in [6, 6.07) is 14.9. The third-order valence-corrected chi connectivity index (χ3v) is 6.96. The molecule has 4 nitrogen and oxygen atoms in total. The average Bonchev–Trinajstić information content (AvgIpc) is 2.65. The average molecular weight is 465 g/mol. The summed E-state index contributed by atoms with van der Waals surface area (Å²) in [6.45, 7) is 0. The van der Waals surface area contributed by atoms with Gasteiger partial charge < -0.3 is 0 Å². The summed E-state index contributed by atoms with van der Waals surface area (Å²) in [7, 11) is 5.09. The summed E-state index contributed by atoms with van der Waals surface area (Å²) in [6.07, 6.45) is 0. The Kier molecular flexibility index (Phi) is 9.95. The predicted octanol–water partition coefficient (Wildman–Crippen LogP) is 5.52. The maximum atomic E-state index is 11.7. The summed E-state index contributed by atoms with van der Waals surface area (Å²) in [5.74, 6) is 0.0154. The molecule has 2 aromatic rings. The van der Waals surface area contributed by atoms with Gasteiger partial charge in [-0.3, -0.25) is 19.0 Å². The molecule has 0 aliphatic rings. The molecule has 0 fully saturated rings. The fraction of sp³-hybridized carbons (Fsp3) is 0.125. The van der Waals surface area contributed by atoms with E-state index in [0.717, 1.165) is 33.1 Å². The van der Waals surface area contributed by atoms with E-state index in [2.05, 4.69) is 9.44 Å². The van der Waals surface area contributed by atoms with Crippen LogP contribution in [0.3, 0.4) is 0 Å². The van der Waals surface area contributed by atoms with E-state index in [9.17, 15) is 9.59 Å². The standard InChI is InChI=1S/C16H14Cl2N2O2S4/c17-13-5-1-11(2-6-13)9-23-25-19-15(21)16(22)20-26-24-10-12-3-7-14(18)8-4-12/h1-8H,9-10H2,(H,19,21)(H,20,22). The molecule has 0 aliphatic carbocycles. The number of amides is 2. The van der Waals surface area contributed by atoms with Crippen LogP contribution in [0.25, 0.3) is 0 Å². The molecule has 0 aromatic heterocycles. The molecule has 2 amide bonds. The molecule has 0 atom stereocenters. The van der Waals surface area contributed by atoms with E-state index < -0.39 is 11.8 Å². The third kappa shape index (κ3) is 8.37. The van der Waals surface area contributed by atoms with Crippen LogP contribution in [0.15, 0.2) is 48.5 Å². The fourth-order valence-corrected chi connectivity index (χ4v) is 5.04. The van der Waals surface area contributed by atoms with Gasteiger partial charge in [0, 0.05) is 43.5 Å². The number of rotatable bonds is 8. The first-order valence-electron chi connectivity index (χ1n) is 7.20. The highest BCUT2D eigenvalue weighted by Crippen LogP contribution is 2.25. The minimum Gasteiger partial charge on any atom is -0.283 e. The smallest absolute Gasteiger partial charge is 0.283 e. The Morgan fingerprint density at radius 1 is 0.692 bits per heavy atom. The fourth-order valence-electron chi connectivity index (χ4n) is 1.58. The van der Waals surface area contributed by atoms with Crippen molar-refractivity contribution < 1.29 is 9.59 Å². The number of benzene rings is 2. The van der Waals surface area contributed by atoms with Crippen LogP contribution in [0, 0.1) is 0 Å². The summed E-state index contributed by atoms with van der Waals surface area (Å²) in [4.78, 5) is 23.4. The molecule has 0 unspecified atom stereocenters. The van der Waals surface area contributed by atoms with Crippen LogP contribution in [-0.2, 0) is 21.1 Å². The van der Waals surface area contributed by atoms with Gasteiger partial charge in [-0.05, 0) is 35.4 Å². The molecule has 0 heterocycles. The Bertz CT molecular complexity index is 667. The first-order chi connectivity index (χ1) is 12.5. The number of nitrogens with one attached hydrogen (secondary N) is 2. The highest BCUT2D eigenvalue weighted by Gasteiger charge is 2.13. The largest absolute Gasteiger partial charge is 0.320 e. The maximum absolute atomic E-state index is 11.7. The van der Waals surface area contributed by atoms with Crippen molar-refractivity contribution in [3.8, 4) is 0 Å². The van der Waals surface area contributed by atoms with Crippen molar-refractivity contribution in [2.24, 2.45) is 0 Å². The van der Waals surface area contributed by atoms with E-state index in [-0.39, 0.29) is 0 Å². The van der Waals surface area contributed by atoms with Crippen molar-refractivity contribution in [2.75, 3.05) is 0 Å². The van der Waals surface area contributed by atoms with Crippen molar-refractivity contribution in [1.82, 2.24) is 9.44 Å². The Hall–Kier alpha value is -0.640. The summed E-state index contributed by atoms with van der Waals surface area (Å²) >= 11 is 11.6. The number of hydrogen-bond acceptors (Lipinski definition) is 6. The van der Waals surface area contributed by atoms with Gasteiger partial charge in [-0.2, -0.15) is 0 Å². The van der Waals surface area contributed by atoms with Gasteiger partial charge in [-0.1, -0.05) is 69.1 Å². The van der Waals surface area contributed by atoms with Crippen molar-refractivity contribution in [3.05, 3.63) is 69.7 Å². The summed E-state index contributed by atoms with van der Waals surface area (Å²) < 4.78 is 4.99. The first kappa shape index (κ1) is 21.7. The van der Waals surface area contributed by atoms with Crippen molar-refractivity contribution in [3.63, 3.8) is 0 Å². The van der Waals surface area contributed by atoms with Crippen LogP contribution in [-0.4, -0.2) is 11.8 Å². The van der Waals surface area contributed by atoms with Crippen LogP contribution < -0.4 is 9.44 Å². The second-order valence-electron chi connectivity index (χ2n) is 4.81. The lowest BCUT2D eigenvalue weighted by molar-refractivity contribution is -0.136. The zero-order chi connectivity index (χ0) is 18.8. The normalized spacial score (nSPS) is 10.4. The molecule has 2 aromatic carbocycles. The Morgan fingerprint density at radius 3 is 1.38 bits per heavy atom. The molecule has 0 saturated carbocycles. The first-order valence-corrected chi connectivity index (χ1v) is 12.6. The maximum Gasteiger partial charge on any atom is 0.320 e. The van der Waals surface area contributed by atoms with Crippen molar-refractivity contribution in [2.45, 2.75) is 11.5 Å². The highest BCUT2D eigenvalue weighted by atomic mass is 35.5. The lowest BCUT2D eigenvalue weighted by Gasteiger charge is -2.05. The zero-order valence-corrected chi connectivity index (χ0v) is 18.0. The number of hydrogen-bond donors (Lipinski definition) is 2. The molecule has 0 spiro atoms. The second-order valence-corrected chi connectivity index (χ2v) is 9.88. The van der Waals surface area contributed by atoms with Crippen LogP contribution in [0.2, 0.25) is 10.0 Å². The van der Waals surface area contributed by atoms with E-state index in [1.165, 1.54) is 21.6 Å². The molecule has 0 radical (unpaired) electrons. The molecule has 138 valence electrons. The lowest BCUT2D eigenvalue weighted by Crippen LogP contribution is -2.32. The minimum absolute atomic E-state index is 0.682. The van der Waals surface area contributed by atoms with E-state index in [1.54, 1.807) is 0 Å². The van der Waals surface area contributed by atoms with E-state index >= 15 is 0 Å². The third-order valence-electron chi connectivity index (χ3n) is 2.87. The van der Waals surface area contributed by atoms with Crippen LogP contribution >= 0.6 is 66.7 Å². The minimum atomic E-state index is -0.682. The van der Waals surface area contributed by atoms with Crippen LogP contribution in [0.1, 0.15) is 11.1 Å². The van der Waals surface area contributed by atoms with Gasteiger partial charge >= 0.3 is 11.8 Å². The Balaban J connectivity index is 1.56. The van der Waals surface area contributed by atoms with Crippen LogP contribution in [0.4, 0.5) is 0 Å².